The Morgan fingerprint density at radius 2 is 2.25 bits per heavy atom. The molecule has 1 amide bonds. The molecular formula is C21H17N3O4. The monoisotopic (exact) mass is 375 g/mol. The van der Waals surface area contributed by atoms with Crippen LogP contribution in [0.15, 0.2) is 52.6 Å². The minimum atomic E-state index is -1.51. The molecule has 2 aromatic rings. The Morgan fingerprint density at radius 3 is 2.96 bits per heavy atom. The molecule has 1 atom stereocenters. The lowest BCUT2D eigenvalue weighted by Crippen LogP contribution is -2.42. The third-order valence-corrected chi connectivity index (χ3v) is 5.07. The van der Waals surface area contributed by atoms with Gasteiger partial charge in [-0.25, -0.2) is 4.79 Å². The van der Waals surface area contributed by atoms with Crippen LogP contribution in [-0.2, 0) is 19.7 Å². The highest BCUT2D eigenvalue weighted by Crippen LogP contribution is 2.57. The third-order valence-electron chi connectivity index (χ3n) is 5.07. The number of benzene rings is 1. The Hall–Kier alpha value is -3.79. The van der Waals surface area contributed by atoms with Gasteiger partial charge in [-0.15, -0.1) is 6.42 Å². The fourth-order valence-corrected chi connectivity index (χ4v) is 4.04. The number of allylic oxidation sites excluding steroid dienone is 1. The summed E-state index contributed by atoms with van der Waals surface area (Å²) < 4.78 is 10.9. The number of amides is 1. The van der Waals surface area contributed by atoms with Crippen LogP contribution in [0.5, 0.6) is 0 Å². The molecule has 2 aliphatic rings. The fraction of sp³-hybridized carbons (Fsp3) is 0.190. The zero-order valence-electron chi connectivity index (χ0n) is 15.2. The van der Waals surface area contributed by atoms with Crippen LogP contribution in [0.2, 0.25) is 0 Å². The Bertz CT molecular complexity index is 1110. The average Bonchev–Trinajstić information content (AvgIpc) is 3.26. The van der Waals surface area contributed by atoms with E-state index in [1.807, 2.05) is 6.07 Å². The number of carbonyl (C=O) groups excluding carboxylic acids is 2. The van der Waals surface area contributed by atoms with Crippen molar-refractivity contribution in [2.45, 2.75) is 12.3 Å². The quantitative estimate of drug-likeness (QED) is 0.499. The maximum atomic E-state index is 13.7. The fourth-order valence-electron chi connectivity index (χ4n) is 4.04. The lowest BCUT2D eigenvalue weighted by molar-refractivity contribution is -0.140. The SMILES string of the molecule is C#CCN1C(=O)C2(C(C(=O)OCC=C)=C1C)c1ccccc1-c1oc(N)nc12. The molecule has 0 saturated heterocycles. The minimum absolute atomic E-state index is 0.00445. The van der Waals surface area contributed by atoms with Crippen LogP contribution in [-0.4, -0.2) is 34.9 Å². The summed E-state index contributed by atoms with van der Waals surface area (Å²) in [6.07, 6.45) is 6.92. The number of hydrogen-bond donors (Lipinski definition) is 1. The molecular weight excluding hydrogens is 358 g/mol. The topological polar surface area (TPSA) is 98.7 Å². The standard InChI is InChI=1S/C21H17N3O4/c1-4-10-24-12(3)15(18(25)27-11-5-2)21(19(24)26)14-9-7-6-8-13(14)16-17(21)23-20(22)28-16/h1,5-9H,2,10-11H2,3H3,(H2,22,23). The van der Waals surface area contributed by atoms with E-state index in [0.717, 1.165) is 0 Å². The number of rotatable bonds is 4. The van der Waals surface area contributed by atoms with Crippen molar-refractivity contribution >= 4 is 17.9 Å². The summed E-state index contributed by atoms with van der Waals surface area (Å²) in [5, 5.41) is 0. The van der Waals surface area contributed by atoms with Gasteiger partial charge in [0.05, 0.1) is 12.1 Å². The van der Waals surface area contributed by atoms with Gasteiger partial charge in [-0.05, 0) is 12.5 Å². The molecule has 4 rings (SSSR count). The van der Waals surface area contributed by atoms with E-state index >= 15 is 0 Å². The molecule has 7 heteroatoms. The zero-order valence-corrected chi connectivity index (χ0v) is 15.2. The van der Waals surface area contributed by atoms with Crippen molar-refractivity contribution in [3.63, 3.8) is 0 Å². The molecule has 1 aromatic carbocycles. The van der Waals surface area contributed by atoms with E-state index in [9.17, 15) is 9.59 Å². The maximum absolute atomic E-state index is 13.7. The first-order valence-corrected chi connectivity index (χ1v) is 8.59. The largest absolute Gasteiger partial charge is 0.458 e. The van der Waals surface area contributed by atoms with E-state index in [1.54, 1.807) is 25.1 Å². The van der Waals surface area contributed by atoms with Gasteiger partial charge in [0, 0.05) is 11.3 Å². The number of fused-ring (bicyclic) bond motifs is 5. The van der Waals surface area contributed by atoms with Crippen LogP contribution in [0.25, 0.3) is 11.3 Å². The smallest absolute Gasteiger partial charge is 0.337 e. The van der Waals surface area contributed by atoms with E-state index in [2.05, 4.69) is 17.5 Å². The van der Waals surface area contributed by atoms with Gasteiger partial charge >= 0.3 is 5.97 Å². The molecule has 1 aliphatic heterocycles. The lowest BCUT2D eigenvalue weighted by Gasteiger charge is -2.26. The second-order valence-corrected chi connectivity index (χ2v) is 6.47. The Labute approximate surface area is 161 Å². The van der Waals surface area contributed by atoms with Gasteiger partial charge in [-0.1, -0.05) is 42.8 Å². The van der Waals surface area contributed by atoms with Gasteiger partial charge in [0.25, 0.3) is 6.01 Å². The summed E-state index contributed by atoms with van der Waals surface area (Å²) in [6.45, 7) is 5.24. The average molecular weight is 375 g/mol. The second kappa shape index (κ2) is 6.13. The van der Waals surface area contributed by atoms with E-state index in [4.69, 9.17) is 21.3 Å². The molecule has 2 heterocycles. The summed E-state index contributed by atoms with van der Waals surface area (Å²) in [6, 6.07) is 7.08. The van der Waals surface area contributed by atoms with Crippen molar-refractivity contribution in [1.82, 2.24) is 9.88 Å². The molecule has 2 N–H and O–H groups in total. The van der Waals surface area contributed by atoms with Gasteiger partial charge < -0.3 is 19.8 Å². The molecule has 1 unspecified atom stereocenters. The van der Waals surface area contributed by atoms with Crippen LogP contribution >= 0.6 is 0 Å². The van der Waals surface area contributed by atoms with Crippen LogP contribution < -0.4 is 5.73 Å². The molecule has 0 bridgehead atoms. The maximum Gasteiger partial charge on any atom is 0.337 e. The molecule has 7 nitrogen and oxygen atoms in total. The molecule has 28 heavy (non-hydrogen) atoms. The van der Waals surface area contributed by atoms with Crippen molar-refractivity contribution < 1.29 is 18.7 Å². The minimum Gasteiger partial charge on any atom is -0.458 e. The van der Waals surface area contributed by atoms with Gasteiger partial charge in [0.2, 0.25) is 5.91 Å². The molecule has 140 valence electrons. The van der Waals surface area contributed by atoms with E-state index in [1.165, 1.54) is 11.0 Å². The number of aromatic nitrogens is 1. The normalized spacial score (nSPS) is 19.6. The highest BCUT2D eigenvalue weighted by molar-refractivity contribution is 6.14. The molecule has 0 saturated carbocycles. The Balaban J connectivity index is 2.05. The van der Waals surface area contributed by atoms with Crippen LogP contribution in [0.1, 0.15) is 18.2 Å². The van der Waals surface area contributed by atoms with Crippen molar-refractivity contribution in [2.75, 3.05) is 18.9 Å². The van der Waals surface area contributed by atoms with Crippen molar-refractivity contribution in [1.29, 1.82) is 0 Å². The highest BCUT2D eigenvalue weighted by atomic mass is 16.5. The number of hydrogen-bond acceptors (Lipinski definition) is 6. The van der Waals surface area contributed by atoms with Gasteiger partial charge in [0.15, 0.2) is 11.2 Å². The predicted molar refractivity (Wildman–Crippen MR) is 102 cm³/mol. The van der Waals surface area contributed by atoms with Crippen LogP contribution in [0, 0.1) is 12.3 Å². The number of terminal acetylenes is 1. The second-order valence-electron chi connectivity index (χ2n) is 6.47. The molecule has 0 fully saturated rings. The summed E-state index contributed by atoms with van der Waals surface area (Å²) in [5.41, 5.74) is 6.38. The Morgan fingerprint density at radius 1 is 1.50 bits per heavy atom. The number of carbonyl (C=O) groups is 2. The number of ether oxygens (including phenoxy) is 1. The number of nitrogens with zero attached hydrogens (tertiary/aromatic N) is 2. The summed E-state index contributed by atoms with van der Waals surface area (Å²) in [7, 11) is 0. The number of anilines is 1. The Kier molecular flexibility index (Phi) is 3.86. The summed E-state index contributed by atoms with van der Waals surface area (Å²) in [5.74, 6) is 1.81. The van der Waals surface area contributed by atoms with Crippen molar-refractivity contribution in [2.24, 2.45) is 0 Å². The molecule has 1 spiro atoms. The van der Waals surface area contributed by atoms with E-state index < -0.39 is 11.4 Å². The van der Waals surface area contributed by atoms with Crippen LogP contribution in [0.4, 0.5) is 6.01 Å². The van der Waals surface area contributed by atoms with Crippen molar-refractivity contribution in [3.05, 3.63) is 59.4 Å². The molecule has 1 aliphatic carbocycles. The van der Waals surface area contributed by atoms with Crippen LogP contribution in [0.3, 0.4) is 0 Å². The first kappa shape index (κ1) is 17.6. The van der Waals surface area contributed by atoms with E-state index in [0.29, 0.717) is 22.6 Å². The number of nitrogen functional groups attached to an aromatic ring is 1. The first-order chi connectivity index (χ1) is 13.5. The predicted octanol–water partition coefficient (Wildman–Crippen LogP) is 2.00. The van der Waals surface area contributed by atoms with Gasteiger partial charge in [-0.2, -0.15) is 4.98 Å². The number of esters is 1. The first-order valence-electron chi connectivity index (χ1n) is 8.59. The van der Waals surface area contributed by atoms with Gasteiger partial charge in [-0.3, -0.25) is 4.79 Å². The van der Waals surface area contributed by atoms with Gasteiger partial charge in [0.1, 0.15) is 12.3 Å². The molecule has 1 aromatic heterocycles. The number of nitrogens with two attached hydrogens (primary N) is 1. The third kappa shape index (κ3) is 2.03. The highest BCUT2D eigenvalue weighted by Gasteiger charge is 2.63. The lowest BCUT2D eigenvalue weighted by atomic mass is 9.74. The summed E-state index contributed by atoms with van der Waals surface area (Å²) >= 11 is 0. The summed E-state index contributed by atoms with van der Waals surface area (Å²) in [4.78, 5) is 32.4. The zero-order chi connectivity index (χ0) is 20.1. The van der Waals surface area contributed by atoms with Crippen molar-refractivity contribution in [3.8, 4) is 23.7 Å². The van der Waals surface area contributed by atoms with E-state index in [-0.39, 0.29) is 36.3 Å². The molecule has 0 radical (unpaired) electrons. The number of oxazole rings is 1.